The molecule has 1 saturated carbocycles. The molecule has 3 rings (SSSR count). The van der Waals surface area contributed by atoms with Crippen molar-refractivity contribution in [1.82, 2.24) is 10.2 Å². The first-order valence-electron chi connectivity index (χ1n) is 5.46. The van der Waals surface area contributed by atoms with Gasteiger partial charge in [0, 0.05) is 6.04 Å². The van der Waals surface area contributed by atoms with Crippen LogP contribution in [-0.4, -0.2) is 22.9 Å². The highest BCUT2D eigenvalue weighted by Crippen LogP contribution is 2.33. The van der Waals surface area contributed by atoms with Gasteiger partial charge in [0.15, 0.2) is 0 Å². The first-order chi connectivity index (χ1) is 7.77. The second kappa shape index (κ2) is 3.33. The van der Waals surface area contributed by atoms with Gasteiger partial charge in [-0.05, 0) is 18.4 Å². The van der Waals surface area contributed by atoms with Gasteiger partial charge in [0.2, 0.25) is 0 Å². The molecule has 16 heavy (non-hydrogen) atoms. The van der Waals surface area contributed by atoms with Gasteiger partial charge in [-0.3, -0.25) is 9.69 Å². The quantitative estimate of drug-likeness (QED) is 0.760. The summed E-state index contributed by atoms with van der Waals surface area (Å²) in [6.45, 7) is 0. The number of benzene rings is 1. The maximum atomic E-state index is 12.0. The van der Waals surface area contributed by atoms with Crippen molar-refractivity contribution in [2.24, 2.45) is 0 Å². The van der Waals surface area contributed by atoms with E-state index in [0.717, 1.165) is 18.4 Å². The molecule has 2 fully saturated rings. The summed E-state index contributed by atoms with van der Waals surface area (Å²) >= 11 is 0. The Bertz CT molecular complexity index is 440. The maximum absolute atomic E-state index is 12.0. The minimum atomic E-state index is -0.491. The van der Waals surface area contributed by atoms with Crippen LogP contribution in [0.3, 0.4) is 0 Å². The van der Waals surface area contributed by atoms with Crippen LogP contribution in [0.4, 0.5) is 4.79 Å². The van der Waals surface area contributed by atoms with Crippen LogP contribution in [0.25, 0.3) is 0 Å². The zero-order valence-corrected chi connectivity index (χ0v) is 8.72. The molecule has 1 N–H and O–H groups in total. The second-order valence-electron chi connectivity index (χ2n) is 4.23. The summed E-state index contributed by atoms with van der Waals surface area (Å²) in [5.74, 6) is -0.112. The fourth-order valence-corrected chi connectivity index (χ4v) is 2.04. The van der Waals surface area contributed by atoms with E-state index in [-0.39, 0.29) is 18.0 Å². The third-order valence-corrected chi connectivity index (χ3v) is 3.02. The number of hydrogen-bond donors (Lipinski definition) is 1. The molecule has 3 amide bonds. The Morgan fingerprint density at radius 2 is 1.81 bits per heavy atom. The lowest BCUT2D eigenvalue weighted by atomic mass is 10.1. The van der Waals surface area contributed by atoms with E-state index in [4.69, 9.17) is 0 Å². The van der Waals surface area contributed by atoms with Crippen LogP contribution in [0.1, 0.15) is 24.4 Å². The Morgan fingerprint density at radius 1 is 1.12 bits per heavy atom. The fraction of sp³-hybridized carbons (Fsp3) is 0.333. The number of imide groups is 1. The van der Waals surface area contributed by atoms with Crippen molar-refractivity contribution in [3.8, 4) is 0 Å². The lowest BCUT2D eigenvalue weighted by molar-refractivity contribution is -0.127. The molecule has 0 spiro atoms. The van der Waals surface area contributed by atoms with Crippen LogP contribution in [0.15, 0.2) is 30.3 Å². The Labute approximate surface area is 93.2 Å². The number of nitrogens with zero attached hydrogens (tertiary/aromatic N) is 1. The van der Waals surface area contributed by atoms with Crippen molar-refractivity contribution < 1.29 is 9.59 Å². The van der Waals surface area contributed by atoms with Gasteiger partial charge in [0.1, 0.15) is 6.04 Å². The van der Waals surface area contributed by atoms with Gasteiger partial charge >= 0.3 is 6.03 Å². The highest BCUT2D eigenvalue weighted by molar-refractivity contribution is 6.05. The lowest BCUT2D eigenvalue weighted by Gasteiger charge is -2.11. The summed E-state index contributed by atoms with van der Waals surface area (Å²) in [4.78, 5) is 25.1. The summed E-state index contributed by atoms with van der Waals surface area (Å²) in [5.41, 5.74) is 0.851. The zero-order valence-electron chi connectivity index (χ0n) is 8.72. The van der Waals surface area contributed by atoms with E-state index in [2.05, 4.69) is 5.32 Å². The van der Waals surface area contributed by atoms with E-state index >= 15 is 0 Å². The molecule has 4 nitrogen and oxygen atoms in total. The molecule has 1 saturated heterocycles. The summed E-state index contributed by atoms with van der Waals surface area (Å²) < 4.78 is 0. The Hall–Kier alpha value is -1.84. The van der Waals surface area contributed by atoms with Crippen molar-refractivity contribution >= 4 is 11.9 Å². The van der Waals surface area contributed by atoms with Gasteiger partial charge in [-0.25, -0.2) is 4.79 Å². The molecule has 1 aromatic rings. The fourth-order valence-electron chi connectivity index (χ4n) is 2.04. The summed E-state index contributed by atoms with van der Waals surface area (Å²) in [7, 11) is 0. The highest BCUT2D eigenvalue weighted by atomic mass is 16.2. The molecule has 1 atom stereocenters. The van der Waals surface area contributed by atoms with Crippen LogP contribution >= 0.6 is 0 Å². The van der Waals surface area contributed by atoms with Gasteiger partial charge in [-0.2, -0.15) is 0 Å². The number of amides is 3. The number of carbonyl (C=O) groups excluding carboxylic acids is 2. The van der Waals surface area contributed by atoms with Crippen LogP contribution in [0.5, 0.6) is 0 Å². The normalized spacial score (nSPS) is 24.8. The number of carbonyl (C=O) groups is 2. The molecule has 1 unspecified atom stereocenters. The first-order valence-corrected chi connectivity index (χ1v) is 5.46. The minimum absolute atomic E-state index is 0.112. The molecule has 1 heterocycles. The molecule has 0 radical (unpaired) electrons. The maximum Gasteiger partial charge on any atom is 0.325 e. The van der Waals surface area contributed by atoms with Gasteiger partial charge in [0.05, 0.1) is 0 Å². The molecule has 2 aliphatic rings. The van der Waals surface area contributed by atoms with E-state index in [9.17, 15) is 9.59 Å². The van der Waals surface area contributed by atoms with E-state index in [1.165, 1.54) is 4.90 Å². The first kappa shape index (κ1) is 9.39. The minimum Gasteiger partial charge on any atom is -0.322 e. The van der Waals surface area contributed by atoms with Gasteiger partial charge in [-0.15, -0.1) is 0 Å². The van der Waals surface area contributed by atoms with Gasteiger partial charge < -0.3 is 5.32 Å². The molecular formula is C12H12N2O2. The van der Waals surface area contributed by atoms with Crippen LogP contribution in [0, 0.1) is 0 Å². The third-order valence-electron chi connectivity index (χ3n) is 3.02. The lowest BCUT2D eigenvalue weighted by Crippen LogP contribution is -2.32. The molecule has 82 valence electrons. The van der Waals surface area contributed by atoms with Crippen LogP contribution in [-0.2, 0) is 4.79 Å². The van der Waals surface area contributed by atoms with E-state index in [0.29, 0.717) is 0 Å². The van der Waals surface area contributed by atoms with Gasteiger partial charge in [0.25, 0.3) is 5.91 Å². The summed E-state index contributed by atoms with van der Waals surface area (Å²) in [6, 6.07) is 8.75. The van der Waals surface area contributed by atoms with E-state index in [1.54, 1.807) is 0 Å². The molecular weight excluding hydrogens is 204 g/mol. The number of urea groups is 1. The highest BCUT2D eigenvalue weighted by Gasteiger charge is 2.46. The van der Waals surface area contributed by atoms with E-state index < -0.39 is 6.04 Å². The monoisotopic (exact) mass is 216 g/mol. The molecule has 0 aromatic heterocycles. The standard InChI is InChI=1S/C12H12N2O2/c15-11-10(8-4-2-1-3-5-8)13-12(16)14(11)9-6-7-9/h1-5,9-10H,6-7H2,(H,13,16). The predicted molar refractivity (Wildman–Crippen MR) is 57.6 cm³/mol. The second-order valence-corrected chi connectivity index (χ2v) is 4.23. The number of nitrogens with one attached hydrogen (secondary N) is 1. The van der Waals surface area contributed by atoms with Crippen molar-refractivity contribution in [1.29, 1.82) is 0 Å². The largest absolute Gasteiger partial charge is 0.325 e. The van der Waals surface area contributed by atoms with Crippen molar-refractivity contribution in [3.05, 3.63) is 35.9 Å². The Balaban J connectivity index is 1.88. The molecule has 1 aliphatic heterocycles. The van der Waals surface area contributed by atoms with Crippen molar-refractivity contribution in [2.75, 3.05) is 0 Å². The summed E-state index contributed by atoms with van der Waals surface area (Å²) in [5, 5.41) is 2.73. The van der Waals surface area contributed by atoms with Gasteiger partial charge in [-0.1, -0.05) is 30.3 Å². The third kappa shape index (κ3) is 1.38. The molecule has 1 aromatic carbocycles. The Kier molecular flexibility index (Phi) is 1.96. The molecule has 0 bridgehead atoms. The Morgan fingerprint density at radius 3 is 2.44 bits per heavy atom. The predicted octanol–water partition coefficient (Wildman–Crippen LogP) is 1.44. The van der Waals surface area contributed by atoms with Crippen LogP contribution in [0.2, 0.25) is 0 Å². The number of rotatable bonds is 2. The number of hydrogen-bond acceptors (Lipinski definition) is 2. The molecule has 4 heteroatoms. The smallest absolute Gasteiger partial charge is 0.322 e. The average molecular weight is 216 g/mol. The zero-order chi connectivity index (χ0) is 11.1. The summed E-state index contributed by atoms with van der Waals surface area (Å²) in [6.07, 6.45) is 1.89. The van der Waals surface area contributed by atoms with Crippen LogP contribution < -0.4 is 5.32 Å². The SMILES string of the molecule is O=C1NC(c2ccccc2)C(=O)N1C1CC1. The average Bonchev–Trinajstić information content (AvgIpc) is 3.07. The topological polar surface area (TPSA) is 49.4 Å². The van der Waals surface area contributed by atoms with Crippen molar-refractivity contribution in [2.45, 2.75) is 24.9 Å². The van der Waals surface area contributed by atoms with Crippen molar-refractivity contribution in [3.63, 3.8) is 0 Å². The van der Waals surface area contributed by atoms with E-state index in [1.807, 2.05) is 30.3 Å². The molecule has 1 aliphatic carbocycles.